The van der Waals surface area contributed by atoms with Gasteiger partial charge in [0.2, 0.25) is 0 Å². The molecule has 0 aliphatic rings. The van der Waals surface area contributed by atoms with E-state index >= 15 is 0 Å². The van der Waals surface area contributed by atoms with Crippen LogP contribution in [0.1, 0.15) is 0 Å². The van der Waals surface area contributed by atoms with Gasteiger partial charge in [-0.2, -0.15) is 0 Å². The first-order valence-corrected chi connectivity index (χ1v) is 7.75. The maximum Gasteiger partial charge on any atom is 0.264 e. The number of benzene rings is 3. The Balaban J connectivity index is 2.52. The van der Waals surface area contributed by atoms with E-state index in [4.69, 9.17) is 0 Å². The van der Waals surface area contributed by atoms with Crippen LogP contribution in [0.5, 0.6) is 0 Å². The van der Waals surface area contributed by atoms with Crippen molar-refractivity contribution in [3.05, 3.63) is 88.3 Å². The van der Waals surface area contributed by atoms with Crippen LogP contribution in [0.4, 0.5) is 48.3 Å². The average Bonchev–Trinajstić information content (AvgIpc) is 2.63. The van der Waals surface area contributed by atoms with Gasteiger partial charge in [-0.15, -0.1) is 0 Å². The van der Waals surface area contributed by atoms with Gasteiger partial charge in [-0.1, -0.05) is 0 Å². The van der Waals surface area contributed by atoms with Crippen LogP contribution in [0.15, 0.2) is 24.3 Å². The fraction of sp³-hybridized carbons (Fsp3) is 0. The van der Waals surface area contributed by atoms with E-state index in [1.54, 1.807) is 0 Å². The Kier molecular flexibility index (Phi) is 5.53. The van der Waals surface area contributed by atoms with Crippen LogP contribution in [0, 0.1) is 64.0 Å². The van der Waals surface area contributed by atoms with E-state index in [-0.39, 0.29) is 24.3 Å². The summed E-state index contributed by atoms with van der Waals surface area (Å²) in [6.07, 6.45) is 0. The molecule has 0 N–H and O–H groups in total. The summed E-state index contributed by atoms with van der Waals surface area (Å²) in [5.41, 5.74) is -5.30. The standard InChI is InChI=1S/C18H4BF11/c20-5-1-6(21)12(7(22)2-5)19(13-8(23)3-10(25)15(27)17(13)29)14-9(24)4-11(26)16(28)18(14)30/h1-4H. The van der Waals surface area contributed by atoms with Crippen LogP contribution in [0.3, 0.4) is 0 Å². The second-order valence-corrected chi connectivity index (χ2v) is 5.98. The van der Waals surface area contributed by atoms with Crippen molar-refractivity contribution < 1.29 is 48.3 Å². The molecule has 0 fully saturated rings. The molecule has 0 radical (unpaired) electrons. The number of hydrogen-bond acceptors (Lipinski definition) is 0. The lowest BCUT2D eigenvalue weighted by atomic mass is 9.36. The Morgan fingerprint density at radius 3 is 1.07 bits per heavy atom. The Labute approximate surface area is 160 Å². The molecule has 0 spiro atoms. The summed E-state index contributed by atoms with van der Waals surface area (Å²) in [6.45, 7) is -2.98. The molecular formula is C18H4BF11. The molecule has 0 unspecified atom stereocenters. The van der Waals surface area contributed by atoms with Crippen LogP contribution in [0.25, 0.3) is 0 Å². The quantitative estimate of drug-likeness (QED) is 0.252. The summed E-state index contributed by atoms with van der Waals surface area (Å²) in [4.78, 5) is 0. The summed E-state index contributed by atoms with van der Waals surface area (Å²) < 4.78 is 153. The van der Waals surface area contributed by atoms with E-state index in [1.165, 1.54) is 0 Å². The molecule has 0 amide bonds. The van der Waals surface area contributed by atoms with Crippen LogP contribution < -0.4 is 16.4 Å². The van der Waals surface area contributed by atoms with E-state index in [0.717, 1.165) is 0 Å². The molecule has 0 aliphatic heterocycles. The number of hydrogen-bond donors (Lipinski definition) is 0. The zero-order valence-corrected chi connectivity index (χ0v) is 14.0. The molecule has 3 rings (SSSR count). The first-order valence-electron chi connectivity index (χ1n) is 7.75. The molecule has 0 bridgehead atoms. The SMILES string of the molecule is Fc1cc(F)c(B(c2c(F)cc(F)c(F)c2F)c2c(F)cc(F)c(F)c2F)c(F)c1. The molecule has 3 aromatic rings. The molecule has 0 heterocycles. The van der Waals surface area contributed by atoms with Crippen molar-refractivity contribution in [1.29, 1.82) is 0 Å². The van der Waals surface area contributed by atoms with Gasteiger partial charge in [0.15, 0.2) is 34.9 Å². The van der Waals surface area contributed by atoms with Crippen molar-refractivity contribution in [2.45, 2.75) is 0 Å². The van der Waals surface area contributed by atoms with Crippen molar-refractivity contribution in [3.8, 4) is 0 Å². The third kappa shape index (κ3) is 3.39. The molecule has 3 aromatic carbocycles. The fourth-order valence-electron chi connectivity index (χ4n) is 2.95. The largest absolute Gasteiger partial charge is 0.264 e. The highest BCUT2D eigenvalue weighted by Crippen LogP contribution is 2.18. The van der Waals surface area contributed by atoms with Crippen molar-refractivity contribution in [1.82, 2.24) is 0 Å². The van der Waals surface area contributed by atoms with Crippen LogP contribution in [0.2, 0.25) is 0 Å². The highest BCUT2D eigenvalue weighted by atomic mass is 19.2. The third-order valence-electron chi connectivity index (χ3n) is 4.21. The van der Waals surface area contributed by atoms with Gasteiger partial charge in [-0.3, -0.25) is 0 Å². The third-order valence-corrected chi connectivity index (χ3v) is 4.21. The van der Waals surface area contributed by atoms with E-state index in [9.17, 15) is 48.3 Å². The smallest absolute Gasteiger partial charge is 0.207 e. The molecule has 12 heteroatoms. The van der Waals surface area contributed by atoms with E-state index in [1.807, 2.05) is 0 Å². The van der Waals surface area contributed by atoms with Crippen molar-refractivity contribution in [3.63, 3.8) is 0 Å². The molecule has 0 nitrogen and oxygen atoms in total. The molecule has 156 valence electrons. The fourth-order valence-corrected chi connectivity index (χ4v) is 2.95. The van der Waals surface area contributed by atoms with Crippen LogP contribution >= 0.6 is 0 Å². The molecule has 30 heavy (non-hydrogen) atoms. The molecule has 0 saturated carbocycles. The van der Waals surface area contributed by atoms with Crippen molar-refractivity contribution in [2.75, 3.05) is 0 Å². The lowest BCUT2D eigenvalue weighted by Gasteiger charge is -2.20. The second-order valence-electron chi connectivity index (χ2n) is 5.98. The molecular weight excluding hydrogens is 436 g/mol. The first kappa shape index (κ1) is 21.7. The first-order chi connectivity index (χ1) is 14.0. The molecule has 0 saturated heterocycles. The van der Waals surface area contributed by atoms with Gasteiger partial charge in [-0.25, -0.2) is 48.3 Å². The Hall–Kier alpha value is -3.05. The van der Waals surface area contributed by atoms with Crippen molar-refractivity contribution in [2.24, 2.45) is 0 Å². The minimum absolute atomic E-state index is 0.0448. The monoisotopic (exact) mass is 440 g/mol. The normalized spacial score (nSPS) is 11.2. The summed E-state index contributed by atoms with van der Waals surface area (Å²) >= 11 is 0. The summed E-state index contributed by atoms with van der Waals surface area (Å²) in [5, 5.41) is 0. The number of halogens is 11. The predicted molar refractivity (Wildman–Crippen MR) is 83.5 cm³/mol. The van der Waals surface area contributed by atoms with Gasteiger partial charge in [0, 0.05) is 40.7 Å². The minimum atomic E-state index is -2.98. The van der Waals surface area contributed by atoms with Crippen LogP contribution in [-0.4, -0.2) is 6.71 Å². The van der Waals surface area contributed by atoms with Gasteiger partial charge in [-0.05, 0) is 0 Å². The second kappa shape index (κ2) is 7.65. The Morgan fingerprint density at radius 1 is 0.367 bits per heavy atom. The van der Waals surface area contributed by atoms with Gasteiger partial charge in [0.25, 0.3) is 6.71 Å². The summed E-state index contributed by atoms with van der Waals surface area (Å²) in [6, 6.07) is -0.681. The van der Waals surface area contributed by atoms with E-state index in [2.05, 4.69) is 0 Å². The maximum absolute atomic E-state index is 14.3. The highest BCUT2D eigenvalue weighted by molar-refractivity contribution is 6.95. The Morgan fingerprint density at radius 2 is 0.700 bits per heavy atom. The van der Waals surface area contributed by atoms with Gasteiger partial charge < -0.3 is 0 Å². The zero-order valence-electron chi connectivity index (χ0n) is 14.0. The Bertz CT molecular complexity index is 1090. The predicted octanol–water partition coefficient (Wildman–Crippen LogP) is 3.73. The number of rotatable bonds is 3. The maximum atomic E-state index is 14.3. The molecule has 0 atom stereocenters. The summed E-state index contributed by atoms with van der Waals surface area (Å²) in [5.74, 6) is -23.5. The molecule has 0 aliphatic carbocycles. The lowest BCUT2D eigenvalue weighted by molar-refractivity contribution is 0.438. The van der Waals surface area contributed by atoms with Crippen LogP contribution in [-0.2, 0) is 0 Å². The highest BCUT2D eigenvalue weighted by Gasteiger charge is 2.40. The topological polar surface area (TPSA) is 0 Å². The van der Waals surface area contributed by atoms with Crippen molar-refractivity contribution >= 4 is 23.1 Å². The molecule has 0 aromatic heterocycles. The van der Waals surface area contributed by atoms with Gasteiger partial charge >= 0.3 is 0 Å². The van der Waals surface area contributed by atoms with E-state index < -0.39 is 87.1 Å². The minimum Gasteiger partial charge on any atom is -0.207 e. The summed E-state index contributed by atoms with van der Waals surface area (Å²) in [7, 11) is 0. The zero-order chi connectivity index (χ0) is 22.5. The lowest BCUT2D eigenvalue weighted by Crippen LogP contribution is -2.59. The average molecular weight is 440 g/mol. The van der Waals surface area contributed by atoms with Gasteiger partial charge in [0.1, 0.15) is 29.1 Å². The van der Waals surface area contributed by atoms with E-state index in [0.29, 0.717) is 0 Å². The van der Waals surface area contributed by atoms with Gasteiger partial charge in [0.05, 0.1) is 0 Å².